The maximum Gasteiger partial charge on any atom is 0.416 e. The minimum Gasteiger partial charge on any atom is -0.370 e. The molecule has 1 aromatic carbocycles. The Balaban J connectivity index is 1.73. The molecule has 0 spiro atoms. The lowest BCUT2D eigenvalue weighted by molar-refractivity contribution is -0.137. The van der Waals surface area contributed by atoms with Gasteiger partial charge in [-0.3, -0.25) is 4.68 Å². The summed E-state index contributed by atoms with van der Waals surface area (Å²) in [6.45, 7) is 4.29. The number of hydrogen-bond acceptors (Lipinski definition) is 3. The molecule has 0 amide bonds. The van der Waals surface area contributed by atoms with Crippen LogP contribution in [0.15, 0.2) is 30.6 Å². The molecule has 4 nitrogen and oxygen atoms in total. The molecule has 0 atom stereocenters. The average Bonchev–Trinajstić information content (AvgIpc) is 3.10. The number of nitrogens with zero attached hydrogens (tertiary/aromatic N) is 4. The normalized spacial score (nSPS) is 16.0. The van der Waals surface area contributed by atoms with Crippen LogP contribution in [0.3, 0.4) is 0 Å². The van der Waals surface area contributed by atoms with Crippen molar-refractivity contribution in [2.75, 3.05) is 18.0 Å². The highest BCUT2D eigenvalue weighted by Crippen LogP contribution is 2.35. The Morgan fingerprint density at radius 2 is 2.00 bits per heavy atom. The van der Waals surface area contributed by atoms with E-state index in [-0.39, 0.29) is 5.56 Å². The van der Waals surface area contributed by atoms with E-state index in [1.165, 1.54) is 11.6 Å². The van der Waals surface area contributed by atoms with E-state index < -0.39 is 11.7 Å². The van der Waals surface area contributed by atoms with Crippen molar-refractivity contribution in [1.82, 2.24) is 9.78 Å². The molecular formula is C18H19F3N4. The molecule has 2 aromatic rings. The molecule has 1 fully saturated rings. The molecule has 0 bridgehead atoms. The van der Waals surface area contributed by atoms with Gasteiger partial charge in [-0.15, -0.1) is 0 Å². The van der Waals surface area contributed by atoms with E-state index in [1.54, 1.807) is 0 Å². The highest BCUT2D eigenvalue weighted by atomic mass is 19.4. The van der Waals surface area contributed by atoms with Crippen LogP contribution in [0, 0.1) is 11.3 Å². The topological polar surface area (TPSA) is 44.9 Å². The third kappa shape index (κ3) is 3.63. The predicted octanol–water partition coefficient (Wildman–Crippen LogP) is 4.18. The van der Waals surface area contributed by atoms with Gasteiger partial charge in [0.15, 0.2) is 0 Å². The molecule has 132 valence electrons. The van der Waals surface area contributed by atoms with Crippen molar-refractivity contribution in [1.29, 1.82) is 5.26 Å². The Hall–Kier alpha value is -2.49. The molecular weight excluding hydrogens is 329 g/mol. The van der Waals surface area contributed by atoms with Crippen LogP contribution in [0.2, 0.25) is 0 Å². The van der Waals surface area contributed by atoms with Crippen LogP contribution in [-0.2, 0) is 12.7 Å². The summed E-state index contributed by atoms with van der Waals surface area (Å²) in [5, 5.41) is 13.5. The van der Waals surface area contributed by atoms with E-state index in [2.05, 4.69) is 11.3 Å². The van der Waals surface area contributed by atoms with Gasteiger partial charge < -0.3 is 4.90 Å². The Kier molecular flexibility index (Phi) is 4.71. The van der Waals surface area contributed by atoms with E-state index in [4.69, 9.17) is 0 Å². The maximum atomic E-state index is 12.8. The van der Waals surface area contributed by atoms with Crippen LogP contribution in [-0.4, -0.2) is 22.9 Å². The van der Waals surface area contributed by atoms with Gasteiger partial charge in [-0.2, -0.15) is 23.5 Å². The molecule has 0 radical (unpaired) electrons. The Labute approximate surface area is 144 Å². The van der Waals surface area contributed by atoms with Crippen molar-refractivity contribution in [2.24, 2.45) is 0 Å². The summed E-state index contributed by atoms with van der Waals surface area (Å²) in [4.78, 5) is 2.00. The molecule has 0 aliphatic carbocycles. The first kappa shape index (κ1) is 17.3. The number of anilines is 1. The van der Waals surface area contributed by atoms with E-state index in [9.17, 15) is 18.4 Å². The largest absolute Gasteiger partial charge is 0.416 e. The third-order valence-corrected chi connectivity index (χ3v) is 4.73. The second-order valence-corrected chi connectivity index (χ2v) is 6.23. The Morgan fingerprint density at radius 3 is 2.56 bits per heavy atom. The highest BCUT2D eigenvalue weighted by molar-refractivity contribution is 5.61. The van der Waals surface area contributed by atoms with Crippen molar-refractivity contribution >= 4 is 5.69 Å². The number of aromatic nitrogens is 2. The van der Waals surface area contributed by atoms with Gasteiger partial charge >= 0.3 is 6.18 Å². The number of piperidine rings is 1. The van der Waals surface area contributed by atoms with Gasteiger partial charge in [0.1, 0.15) is 6.07 Å². The number of aryl methyl sites for hydroxylation is 1. The quantitative estimate of drug-likeness (QED) is 0.836. The summed E-state index contributed by atoms with van der Waals surface area (Å²) in [5.74, 6) is 0.400. The number of halogens is 3. The lowest BCUT2D eigenvalue weighted by Gasteiger charge is -2.34. The molecule has 3 rings (SSSR count). The molecule has 2 heterocycles. The van der Waals surface area contributed by atoms with Crippen LogP contribution in [0.25, 0.3) is 0 Å². The summed E-state index contributed by atoms with van der Waals surface area (Å²) in [6, 6.07) is 5.30. The van der Waals surface area contributed by atoms with Crippen LogP contribution in [0.1, 0.15) is 42.4 Å². The standard InChI is InChI=1S/C18H19F3N4/c1-2-25-12-15(11-23-25)13-5-7-24(8-6-13)17-4-3-16(18(19,20)21)9-14(17)10-22/h3-4,9,11-13H,2,5-8H2,1H3. The monoisotopic (exact) mass is 348 g/mol. The lowest BCUT2D eigenvalue weighted by atomic mass is 9.91. The Bertz CT molecular complexity index is 780. The lowest BCUT2D eigenvalue weighted by Crippen LogP contribution is -2.33. The van der Waals surface area contributed by atoms with Gasteiger partial charge in [0.2, 0.25) is 0 Å². The minimum atomic E-state index is -4.43. The van der Waals surface area contributed by atoms with Crippen LogP contribution in [0.5, 0.6) is 0 Å². The summed E-state index contributed by atoms with van der Waals surface area (Å²) < 4.78 is 40.3. The van der Waals surface area contributed by atoms with Gasteiger partial charge in [-0.1, -0.05) is 0 Å². The molecule has 25 heavy (non-hydrogen) atoms. The highest BCUT2D eigenvalue weighted by Gasteiger charge is 2.32. The van der Waals surface area contributed by atoms with Crippen molar-refractivity contribution in [3.8, 4) is 6.07 Å². The number of nitriles is 1. The molecule has 1 saturated heterocycles. The molecule has 7 heteroatoms. The fraction of sp³-hybridized carbons (Fsp3) is 0.444. The molecule has 0 saturated carbocycles. The summed E-state index contributed by atoms with van der Waals surface area (Å²) in [6.07, 6.45) is 1.29. The predicted molar refractivity (Wildman–Crippen MR) is 88.2 cm³/mol. The zero-order valence-electron chi connectivity index (χ0n) is 13.9. The zero-order valence-corrected chi connectivity index (χ0v) is 13.9. The first-order valence-electron chi connectivity index (χ1n) is 8.31. The number of alkyl halides is 3. The SMILES string of the molecule is CCn1cc(C2CCN(c3ccc(C(F)(F)F)cc3C#N)CC2)cn1. The Morgan fingerprint density at radius 1 is 1.28 bits per heavy atom. The molecule has 0 N–H and O–H groups in total. The van der Waals surface area contributed by atoms with Crippen molar-refractivity contribution < 1.29 is 13.2 Å². The summed E-state index contributed by atoms with van der Waals surface area (Å²) in [5.41, 5.74) is 1.08. The fourth-order valence-electron chi connectivity index (χ4n) is 3.29. The fourth-order valence-corrected chi connectivity index (χ4v) is 3.29. The minimum absolute atomic E-state index is 0.0760. The summed E-state index contributed by atoms with van der Waals surface area (Å²) in [7, 11) is 0. The third-order valence-electron chi connectivity index (χ3n) is 4.73. The van der Waals surface area contributed by atoms with Gasteiger partial charge in [0, 0.05) is 25.8 Å². The van der Waals surface area contributed by atoms with Crippen LogP contribution in [0.4, 0.5) is 18.9 Å². The van der Waals surface area contributed by atoms with Crippen LogP contribution < -0.4 is 4.90 Å². The van der Waals surface area contributed by atoms with E-state index in [0.717, 1.165) is 31.5 Å². The molecule has 1 aliphatic heterocycles. The molecule has 1 aliphatic rings. The second-order valence-electron chi connectivity index (χ2n) is 6.23. The van der Waals surface area contributed by atoms with E-state index in [0.29, 0.717) is 24.7 Å². The smallest absolute Gasteiger partial charge is 0.370 e. The second kappa shape index (κ2) is 6.79. The van der Waals surface area contributed by atoms with Gasteiger partial charge in [0.25, 0.3) is 0 Å². The first-order chi connectivity index (χ1) is 11.9. The van der Waals surface area contributed by atoms with Crippen LogP contribution >= 0.6 is 0 Å². The maximum absolute atomic E-state index is 12.8. The van der Waals surface area contributed by atoms with Crippen molar-refractivity contribution in [3.63, 3.8) is 0 Å². The first-order valence-corrected chi connectivity index (χ1v) is 8.31. The summed E-state index contributed by atoms with van der Waals surface area (Å²) >= 11 is 0. The van der Waals surface area contributed by atoms with Crippen molar-refractivity contribution in [3.05, 3.63) is 47.3 Å². The zero-order chi connectivity index (χ0) is 18.0. The number of rotatable bonds is 3. The number of hydrogen-bond donors (Lipinski definition) is 0. The van der Waals surface area contributed by atoms with Gasteiger partial charge in [0.05, 0.1) is 23.0 Å². The molecule has 0 unspecified atom stereocenters. The molecule has 1 aromatic heterocycles. The van der Waals surface area contributed by atoms with E-state index in [1.807, 2.05) is 28.8 Å². The number of benzene rings is 1. The van der Waals surface area contributed by atoms with Gasteiger partial charge in [-0.05, 0) is 49.4 Å². The average molecular weight is 348 g/mol. The van der Waals surface area contributed by atoms with Gasteiger partial charge in [-0.25, -0.2) is 0 Å². The van der Waals surface area contributed by atoms with Crippen molar-refractivity contribution in [2.45, 2.75) is 38.4 Å². The van der Waals surface area contributed by atoms with E-state index >= 15 is 0 Å².